The van der Waals surface area contributed by atoms with Crippen LogP contribution < -0.4 is 15.5 Å². The molecule has 0 unspecified atom stereocenters. The van der Waals surface area contributed by atoms with Gasteiger partial charge in [-0.3, -0.25) is 9.47 Å². The van der Waals surface area contributed by atoms with Gasteiger partial charge in [-0.05, 0) is 67.8 Å². The molecule has 2 N–H and O–H groups in total. The zero-order chi connectivity index (χ0) is 20.5. The van der Waals surface area contributed by atoms with Gasteiger partial charge in [-0.2, -0.15) is 0 Å². The van der Waals surface area contributed by atoms with E-state index in [1.807, 2.05) is 50.2 Å². The summed E-state index contributed by atoms with van der Waals surface area (Å²) in [7, 11) is 1.65. The first-order valence-electron chi connectivity index (χ1n) is 9.60. The summed E-state index contributed by atoms with van der Waals surface area (Å²) in [4.78, 5) is 13.3. The predicted molar refractivity (Wildman–Crippen MR) is 118 cm³/mol. The van der Waals surface area contributed by atoms with Crippen molar-refractivity contribution in [2.24, 2.45) is 0 Å². The van der Waals surface area contributed by atoms with Crippen molar-refractivity contribution >= 4 is 23.4 Å². The van der Waals surface area contributed by atoms with Crippen LogP contribution in [-0.4, -0.2) is 22.9 Å². The molecule has 5 nitrogen and oxygen atoms in total. The average Bonchev–Trinajstić information content (AvgIpc) is 3.10. The smallest absolute Gasteiger partial charge is 0.240 e. The van der Waals surface area contributed by atoms with E-state index in [2.05, 4.69) is 40.5 Å². The maximum absolute atomic E-state index is 13.3. The largest absolute Gasteiger partial charge is 0.497 e. The molecule has 3 aromatic rings. The maximum Gasteiger partial charge on any atom is 0.240 e. The number of nitrogens with one attached hydrogen (secondary N) is 2. The van der Waals surface area contributed by atoms with Crippen molar-refractivity contribution in [2.75, 3.05) is 17.9 Å². The maximum atomic E-state index is 13.3. The molecule has 0 bridgehead atoms. The molecule has 1 amide bonds. The molecule has 0 radical (unpaired) electrons. The number of carbonyl (C=O) groups is 1. The van der Waals surface area contributed by atoms with E-state index in [0.29, 0.717) is 0 Å². The van der Waals surface area contributed by atoms with Gasteiger partial charge >= 0.3 is 0 Å². The normalized spacial score (nSPS) is 17.9. The summed E-state index contributed by atoms with van der Waals surface area (Å²) in [6.45, 7) is 6.09. The van der Waals surface area contributed by atoms with Crippen molar-refractivity contribution in [3.8, 4) is 5.75 Å². The zero-order valence-corrected chi connectivity index (χ0v) is 17.8. The summed E-state index contributed by atoms with van der Waals surface area (Å²) in [5, 5.41) is 3.87. The predicted octanol–water partition coefficient (Wildman–Crippen LogP) is 4.82. The molecule has 0 aliphatic carbocycles. The molecular formula is C23H25N3O2S. The number of carbonyl (C=O) groups excluding carboxylic acids is 1. The van der Waals surface area contributed by atoms with Gasteiger partial charge in [0.05, 0.1) is 18.2 Å². The highest BCUT2D eigenvalue weighted by molar-refractivity contribution is 8.00. The fraction of sp³-hybridized carbons (Fsp3) is 0.261. The van der Waals surface area contributed by atoms with Gasteiger partial charge in [0.2, 0.25) is 5.91 Å². The Morgan fingerprint density at radius 3 is 2.55 bits per heavy atom. The van der Waals surface area contributed by atoms with Crippen LogP contribution >= 0.6 is 11.8 Å². The zero-order valence-electron chi connectivity index (χ0n) is 17.0. The highest BCUT2D eigenvalue weighted by Gasteiger charge is 2.36. The van der Waals surface area contributed by atoms with E-state index >= 15 is 0 Å². The third-order valence-corrected chi connectivity index (χ3v) is 6.54. The number of thioether (sulfide) groups is 1. The molecule has 2 aromatic carbocycles. The Kier molecular flexibility index (Phi) is 5.28. The Morgan fingerprint density at radius 1 is 1.07 bits per heavy atom. The second-order valence-corrected chi connectivity index (χ2v) is 8.54. The topological polar surface area (TPSA) is 55.3 Å². The van der Waals surface area contributed by atoms with Gasteiger partial charge in [0.25, 0.3) is 0 Å². The summed E-state index contributed by atoms with van der Waals surface area (Å²) in [6.07, 6.45) is 0. The lowest BCUT2D eigenvalue weighted by Gasteiger charge is -2.34. The van der Waals surface area contributed by atoms with Crippen molar-refractivity contribution in [1.29, 1.82) is 0 Å². The highest BCUT2D eigenvalue weighted by atomic mass is 32.2. The summed E-state index contributed by atoms with van der Waals surface area (Å²) in [5.74, 6) is 0.786. The van der Waals surface area contributed by atoms with E-state index < -0.39 is 0 Å². The lowest BCUT2D eigenvalue weighted by molar-refractivity contribution is -0.116. The number of methoxy groups -OCH3 is 1. The molecule has 0 saturated carbocycles. The second-order valence-electron chi connectivity index (χ2n) is 7.37. The Labute approximate surface area is 175 Å². The van der Waals surface area contributed by atoms with Crippen LogP contribution in [-0.2, 0) is 4.79 Å². The van der Waals surface area contributed by atoms with Gasteiger partial charge in [-0.1, -0.05) is 36.0 Å². The van der Waals surface area contributed by atoms with Crippen molar-refractivity contribution in [2.45, 2.75) is 37.1 Å². The highest BCUT2D eigenvalue weighted by Crippen LogP contribution is 2.39. The molecule has 29 heavy (non-hydrogen) atoms. The summed E-state index contributed by atoms with van der Waals surface area (Å²) in [5.41, 5.74) is 8.72. The first-order valence-corrected chi connectivity index (χ1v) is 10.5. The van der Waals surface area contributed by atoms with Crippen LogP contribution in [0.1, 0.15) is 28.4 Å². The molecule has 2 heterocycles. The van der Waals surface area contributed by atoms with Gasteiger partial charge < -0.3 is 15.5 Å². The number of ether oxygens (including phenoxy) is 1. The van der Waals surface area contributed by atoms with Gasteiger partial charge in [-0.25, -0.2) is 0 Å². The monoisotopic (exact) mass is 407 g/mol. The molecule has 6 heteroatoms. The van der Waals surface area contributed by atoms with Gasteiger partial charge in [0.15, 0.2) is 0 Å². The van der Waals surface area contributed by atoms with Crippen molar-refractivity contribution < 1.29 is 9.53 Å². The van der Waals surface area contributed by atoms with Crippen LogP contribution in [0.15, 0.2) is 59.6 Å². The minimum absolute atomic E-state index is 0.0119. The third-order valence-electron chi connectivity index (χ3n) is 5.24. The van der Waals surface area contributed by atoms with E-state index in [-0.39, 0.29) is 17.2 Å². The second kappa shape index (κ2) is 7.87. The number of aryl methyl sites for hydroxylation is 3. The van der Waals surface area contributed by atoms with E-state index in [1.54, 1.807) is 18.9 Å². The number of anilines is 1. The number of hydrogen-bond acceptors (Lipinski definition) is 4. The van der Waals surface area contributed by atoms with Crippen LogP contribution in [0.3, 0.4) is 0 Å². The van der Waals surface area contributed by atoms with Crippen LogP contribution in [0.4, 0.5) is 5.69 Å². The molecule has 2 atom stereocenters. The number of amides is 1. The first kappa shape index (κ1) is 19.5. The number of rotatable bonds is 4. The van der Waals surface area contributed by atoms with Gasteiger partial charge in [0, 0.05) is 11.4 Å². The van der Waals surface area contributed by atoms with Crippen molar-refractivity contribution in [3.05, 3.63) is 77.0 Å². The van der Waals surface area contributed by atoms with Gasteiger partial charge in [-0.15, -0.1) is 0 Å². The van der Waals surface area contributed by atoms with E-state index in [9.17, 15) is 4.79 Å². The molecule has 4 rings (SSSR count). The fourth-order valence-electron chi connectivity index (χ4n) is 3.52. The minimum Gasteiger partial charge on any atom is -0.497 e. The Balaban J connectivity index is 1.67. The SMILES string of the molecule is COc1ccc([C@H]2Nn3c(C)ccc3S[C@H]2C(=O)Nc2cc(C)ccc2C)cc1. The molecular weight excluding hydrogens is 382 g/mol. The summed E-state index contributed by atoms with van der Waals surface area (Å²) < 4.78 is 7.34. The van der Waals surface area contributed by atoms with Crippen LogP contribution in [0, 0.1) is 20.8 Å². The number of nitrogens with zero attached hydrogens (tertiary/aromatic N) is 1. The molecule has 150 valence electrons. The molecule has 1 aliphatic heterocycles. The number of benzene rings is 2. The molecule has 0 spiro atoms. The third kappa shape index (κ3) is 3.85. The van der Waals surface area contributed by atoms with Crippen molar-refractivity contribution in [3.63, 3.8) is 0 Å². The fourth-order valence-corrected chi connectivity index (χ4v) is 4.75. The number of aromatic nitrogens is 1. The van der Waals surface area contributed by atoms with E-state index in [0.717, 1.165) is 38.8 Å². The van der Waals surface area contributed by atoms with Crippen LogP contribution in [0.2, 0.25) is 0 Å². The summed E-state index contributed by atoms with van der Waals surface area (Å²) >= 11 is 1.59. The van der Waals surface area contributed by atoms with Gasteiger partial charge in [0.1, 0.15) is 11.0 Å². The number of hydrogen-bond donors (Lipinski definition) is 2. The Morgan fingerprint density at radius 2 is 1.83 bits per heavy atom. The Bertz CT molecular complexity index is 1040. The van der Waals surface area contributed by atoms with Crippen LogP contribution in [0.25, 0.3) is 0 Å². The first-order chi connectivity index (χ1) is 14.0. The van der Waals surface area contributed by atoms with Crippen molar-refractivity contribution in [1.82, 2.24) is 4.68 Å². The molecule has 0 saturated heterocycles. The van der Waals surface area contributed by atoms with Crippen LogP contribution in [0.5, 0.6) is 5.75 Å². The summed E-state index contributed by atoms with van der Waals surface area (Å²) in [6, 6.07) is 17.9. The Hall–Kier alpha value is -2.86. The quantitative estimate of drug-likeness (QED) is 0.651. The lowest BCUT2D eigenvalue weighted by Crippen LogP contribution is -2.41. The molecule has 0 fully saturated rings. The molecule has 1 aromatic heterocycles. The molecule has 1 aliphatic rings. The lowest BCUT2D eigenvalue weighted by atomic mass is 10.0. The van der Waals surface area contributed by atoms with E-state index in [4.69, 9.17) is 4.74 Å². The number of fused-ring (bicyclic) bond motifs is 1. The van der Waals surface area contributed by atoms with E-state index in [1.165, 1.54) is 0 Å². The minimum atomic E-state index is -0.315. The average molecular weight is 408 g/mol. The standard InChI is InChI=1S/C23H25N3O2S/c1-14-5-6-15(2)19(13-14)24-23(27)22-21(17-8-10-18(28-4)11-9-17)25-26-16(3)7-12-20(26)29-22/h5-13,21-22,25H,1-4H3,(H,24,27)/t21-,22-/m1/s1.